The Morgan fingerprint density at radius 1 is 0.739 bits per heavy atom. The van der Waals surface area contributed by atoms with Crippen molar-refractivity contribution in [3.05, 3.63) is 11.6 Å². The molecule has 23 heavy (non-hydrogen) atoms. The second-order valence-electron chi connectivity index (χ2n) is 6.71. The van der Waals surface area contributed by atoms with Crippen molar-refractivity contribution in [2.24, 2.45) is 0 Å². The summed E-state index contributed by atoms with van der Waals surface area (Å²) in [7, 11) is 0. The third-order valence-electron chi connectivity index (χ3n) is 3.95. The van der Waals surface area contributed by atoms with E-state index in [1.807, 2.05) is 13.8 Å². The first-order valence-electron chi connectivity index (χ1n) is 9.59. The topological polar surface area (TPSA) is 46.5 Å². The maximum Gasteiger partial charge on any atom is 0.330 e. The van der Waals surface area contributed by atoms with E-state index in [1.165, 1.54) is 64.2 Å². The number of aliphatic hydroxyl groups excluding tert-OH is 1. The lowest BCUT2D eigenvalue weighted by Gasteiger charge is -2.04. The van der Waals surface area contributed by atoms with Crippen LogP contribution < -0.4 is 0 Å². The fraction of sp³-hybridized carbons (Fsp3) is 0.850. The number of carbonyl (C=O) groups is 1. The molecule has 0 amide bonds. The first-order valence-corrected chi connectivity index (χ1v) is 9.59. The monoisotopic (exact) mass is 326 g/mol. The molecule has 0 rings (SSSR count). The lowest BCUT2D eigenvalue weighted by Crippen LogP contribution is -2.02. The van der Waals surface area contributed by atoms with Crippen LogP contribution in [0.5, 0.6) is 0 Å². The van der Waals surface area contributed by atoms with Crippen molar-refractivity contribution in [1.82, 2.24) is 0 Å². The zero-order chi connectivity index (χ0) is 17.2. The Bertz CT molecular complexity index is 293. The van der Waals surface area contributed by atoms with Crippen LogP contribution >= 0.6 is 0 Å². The van der Waals surface area contributed by atoms with Crippen molar-refractivity contribution in [2.75, 3.05) is 13.2 Å². The highest BCUT2D eigenvalue weighted by Crippen LogP contribution is 2.12. The number of allylic oxidation sites excluding steroid dienone is 1. The third kappa shape index (κ3) is 19.1. The van der Waals surface area contributed by atoms with Gasteiger partial charge in [-0.2, -0.15) is 0 Å². The first-order chi connectivity index (χ1) is 11.2. The molecule has 0 fully saturated rings. The van der Waals surface area contributed by atoms with Crippen molar-refractivity contribution in [2.45, 2.75) is 97.3 Å². The van der Waals surface area contributed by atoms with E-state index >= 15 is 0 Å². The molecule has 0 atom stereocenters. The molecule has 0 saturated heterocycles. The molecule has 0 saturated carbocycles. The lowest BCUT2D eigenvalue weighted by atomic mass is 10.0. The van der Waals surface area contributed by atoms with Crippen molar-refractivity contribution in [3.8, 4) is 0 Å². The van der Waals surface area contributed by atoms with Crippen LogP contribution in [0.25, 0.3) is 0 Å². The van der Waals surface area contributed by atoms with Crippen molar-refractivity contribution in [3.63, 3.8) is 0 Å². The number of ether oxygens (including phenoxy) is 1. The fourth-order valence-corrected chi connectivity index (χ4v) is 2.61. The lowest BCUT2D eigenvalue weighted by molar-refractivity contribution is -0.137. The SMILES string of the molecule is CC(C)=CC(=O)OCCCCCCCCCCCCCCCO. The average Bonchev–Trinajstić information content (AvgIpc) is 2.50. The highest BCUT2D eigenvalue weighted by atomic mass is 16.5. The minimum Gasteiger partial charge on any atom is -0.463 e. The minimum atomic E-state index is -0.207. The standard InChI is InChI=1S/C20H38O3/c1-19(2)18-20(22)23-17-15-13-11-9-7-5-3-4-6-8-10-12-14-16-21/h18,21H,3-17H2,1-2H3. The van der Waals surface area contributed by atoms with Crippen molar-refractivity contribution < 1.29 is 14.6 Å². The van der Waals surface area contributed by atoms with E-state index in [0.717, 1.165) is 24.8 Å². The van der Waals surface area contributed by atoms with Gasteiger partial charge in [-0.05, 0) is 26.7 Å². The molecule has 0 unspecified atom stereocenters. The van der Waals surface area contributed by atoms with E-state index in [2.05, 4.69) is 0 Å². The Hall–Kier alpha value is -0.830. The molecule has 0 aromatic heterocycles. The fourth-order valence-electron chi connectivity index (χ4n) is 2.61. The predicted octanol–water partition coefficient (Wildman–Crippen LogP) is 5.56. The van der Waals surface area contributed by atoms with Gasteiger partial charge in [0, 0.05) is 12.7 Å². The van der Waals surface area contributed by atoms with Gasteiger partial charge in [-0.15, -0.1) is 0 Å². The van der Waals surface area contributed by atoms with Crippen LogP contribution in [-0.4, -0.2) is 24.3 Å². The van der Waals surface area contributed by atoms with Gasteiger partial charge in [0.2, 0.25) is 0 Å². The number of esters is 1. The quantitative estimate of drug-likeness (QED) is 0.229. The summed E-state index contributed by atoms with van der Waals surface area (Å²) in [5.41, 5.74) is 0.986. The highest BCUT2D eigenvalue weighted by molar-refractivity contribution is 5.82. The smallest absolute Gasteiger partial charge is 0.330 e. The number of aliphatic hydroxyl groups is 1. The second-order valence-corrected chi connectivity index (χ2v) is 6.71. The Morgan fingerprint density at radius 3 is 1.52 bits per heavy atom. The molecular formula is C20H38O3. The molecule has 136 valence electrons. The van der Waals surface area contributed by atoms with Gasteiger partial charge < -0.3 is 9.84 Å². The Labute approximate surface area is 143 Å². The normalized spacial score (nSPS) is 10.6. The van der Waals surface area contributed by atoms with Gasteiger partial charge in [-0.3, -0.25) is 0 Å². The molecule has 0 aliphatic rings. The Morgan fingerprint density at radius 2 is 1.13 bits per heavy atom. The summed E-state index contributed by atoms with van der Waals surface area (Å²) < 4.78 is 5.13. The number of hydrogen-bond donors (Lipinski definition) is 1. The van der Waals surface area contributed by atoms with Crippen LogP contribution in [0.15, 0.2) is 11.6 Å². The van der Waals surface area contributed by atoms with E-state index in [4.69, 9.17) is 9.84 Å². The van der Waals surface area contributed by atoms with Gasteiger partial charge in [-0.25, -0.2) is 4.79 Å². The molecule has 3 heteroatoms. The summed E-state index contributed by atoms with van der Waals surface area (Å²) in [4.78, 5) is 11.3. The predicted molar refractivity (Wildman–Crippen MR) is 97.5 cm³/mol. The molecule has 0 aliphatic heterocycles. The summed E-state index contributed by atoms with van der Waals surface area (Å²) in [6.45, 7) is 4.70. The van der Waals surface area contributed by atoms with E-state index < -0.39 is 0 Å². The van der Waals surface area contributed by atoms with Crippen molar-refractivity contribution in [1.29, 1.82) is 0 Å². The molecule has 0 aromatic carbocycles. The summed E-state index contributed by atoms with van der Waals surface area (Å²) in [5, 5.41) is 8.69. The zero-order valence-electron chi connectivity index (χ0n) is 15.4. The molecule has 1 N–H and O–H groups in total. The number of rotatable bonds is 16. The van der Waals surface area contributed by atoms with Crippen LogP contribution in [0.2, 0.25) is 0 Å². The molecule has 0 spiro atoms. The summed E-state index contributed by atoms with van der Waals surface area (Å²) in [6.07, 6.45) is 17.8. The number of unbranched alkanes of at least 4 members (excludes halogenated alkanes) is 12. The van der Waals surface area contributed by atoms with Gasteiger partial charge in [0.05, 0.1) is 6.61 Å². The van der Waals surface area contributed by atoms with Gasteiger partial charge in [0.15, 0.2) is 0 Å². The van der Waals surface area contributed by atoms with E-state index in [1.54, 1.807) is 6.08 Å². The summed E-state index contributed by atoms with van der Waals surface area (Å²) in [6, 6.07) is 0. The molecule has 3 nitrogen and oxygen atoms in total. The largest absolute Gasteiger partial charge is 0.463 e. The van der Waals surface area contributed by atoms with Gasteiger partial charge in [-0.1, -0.05) is 76.2 Å². The molecule has 0 aromatic rings. The maximum atomic E-state index is 11.3. The number of carbonyl (C=O) groups excluding carboxylic acids is 1. The number of hydrogen-bond acceptors (Lipinski definition) is 3. The second kappa shape index (κ2) is 17.5. The Balaban J connectivity index is 3.11. The van der Waals surface area contributed by atoms with Crippen LogP contribution in [0.3, 0.4) is 0 Å². The van der Waals surface area contributed by atoms with E-state index in [-0.39, 0.29) is 5.97 Å². The van der Waals surface area contributed by atoms with Crippen LogP contribution in [0.4, 0.5) is 0 Å². The molecule has 0 radical (unpaired) electrons. The zero-order valence-corrected chi connectivity index (χ0v) is 15.4. The van der Waals surface area contributed by atoms with Gasteiger partial charge >= 0.3 is 5.97 Å². The van der Waals surface area contributed by atoms with E-state index in [0.29, 0.717) is 13.2 Å². The molecule has 0 heterocycles. The molecule has 0 bridgehead atoms. The van der Waals surface area contributed by atoms with Crippen molar-refractivity contribution >= 4 is 5.97 Å². The van der Waals surface area contributed by atoms with E-state index in [9.17, 15) is 4.79 Å². The third-order valence-corrected chi connectivity index (χ3v) is 3.95. The highest BCUT2D eigenvalue weighted by Gasteiger charge is 1.98. The van der Waals surface area contributed by atoms with Gasteiger partial charge in [0.1, 0.15) is 0 Å². The minimum absolute atomic E-state index is 0.207. The summed E-state index contributed by atoms with van der Waals surface area (Å²) in [5.74, 6) is -0.207. The first kappa shape index (κ1) is 22.2. The summed E-state index contributed by atoms with van der Waals surface area (Å²) >= 11 is 0. The van der Waals surface area contributed by atoms with Gasteiger partial charge in [0.25, 0.3) is 0 Å². The maximum absolute atomic E-state index is 11.3. The van der Waals surface area contributed by atoms with Crippen LogP contribution in [0.1, 0.15) is 97.3 Å². The van der Waals surface area contributed by atoms with Crippen LogP contribution in [-0.2, 0) is 9.53 Å². The molecule has 0 aliphatic carbocycles. The average molecular weight is 327 g/mol. The Kier molecular flexibility index (Phi) is 16.9. The molecular weight excluding hydrogens is 288 g/mol. The van der Waals surface area contributed by atoms with Crippen LogP contribution in [0, 0.1) is 0 Å².